The van der Waals surface area contributed by atoms with Gasteiger partial charge in [0.05, 0.1) is 26.4 Å². The third kappa shape index (κ3) is 16.8. The van der Waals surface area contributed by atoms with E-state index in [2.05, 4.69) is 27.7 Å². The Morgan fingerprint density at radius 2 is 0.537 bits per heavy atom. The van der Waals surface area contributed by atoms with Crippen LogP contribution in [0.1, 0.15) is 156 Å². The Morgan fingerprint density at radius 3 is 0.732 bits per heavy atom. The van der Waals surface area contributed by atoms with Crippen LogP contribution in [0, 0.1) is 5.41 Å². The molecule has 0 saturated heterocycles. The van der Waals surface area contributed by atoms with E-state index >= 15 is 0 Å². The summed E-state index contributed by atoms with van der Waals surface area (Å²) in [7, 11) is 0. The van der Waals surface area contributed by atoms with Gasteiger partial charge in [-0.1, -0.05) is 130 Å². The summed E-state index contributed by atoms with van der Waals surface area (Å²) in [4.78, 5) is 53.9. The molecule has 0 saturated carbocycles. The second-order valence-corrected chi connectivity index (χ2v) is 11.0. The van der Waals surface area contributed by atoms with Crippen LogP contribution in [0.3, 0.4) is 0 Å². The molecule has 8 nitrogen and oxygen atoms in total. The van der Waals surface area contributed by atoms with Crippen LogP contribution in [0.15, 0.2) is 0 Å². The molecule has 41 heavy (non-hydrogen) atoms. The summed E-state index contributed by atoms with van der Waals surface area (Å²) in [5, 5.41) is 0. The highest BCUT2D eigenvalue weighted by atomic mass is 16.6. The average molecular weight is 585 g/mol. The van der Waals surface area contributed by atoms with Gasteiger partial charge < -0.3 is 18.9 Å². The Balaban J connectivity index is 5.72. The van der Waals surface area contributed by atoms with E-state index in [0.717, 1.165) is 103 Å². The maximum Gasteiger partial charge on any atom is 0.355 e. The minimum atomic E-state index is -2.93. The summed E-state index contributed by atoms with van der Waals surface area (Å²) in [6.07, 6.45) is 18.1. The highest BCUT2D eigenvalue weighted by molar-refractivity contribution is 6.32. The van der Waals surface area contributed by atoms with Crippen LogP contribution in [-0.2, 0) is 38.1 Å². The van der Waals surface area contributed by atoms with E-state index in [4.69, 9.17) is 18.9 Å². The van der Waals surface area contributed by atoms with E-state index in [1.807, 2.05) is 0 Å². The largest absolute Gasteiger partial charge is 0.464 e. The average Bonchev–Trinajstić information content (AvgIpc) is 2.96. The normalized spacial score (nSPS) is 11.2. The summed E-state index contributed by atoms with van der Waals surface area (Å²) >= 11 is 0. The Morgan fingerprint density at radius 1 is 0.341 bits per heavy atom. The zero-order valence-electron chi connectivity index (χ0n) is 26.7. The number of rotatable bonds is 28. The van der Waals surface area contributed by atoms with Crippen LogP contribution >= 0.6 is 0 Å². The molecule has 0 unspecified atom stereocenters. The van der Waals surface area contributed by atoms with Crippen LogP contribution in [0.4, 0.5) is 0 Å². The van der Waals surface area contributed by atoms with E-state index < -0.39 is 29.3 Å². The van der Waals surface area contributed by atoms with Crippen molar-refractivity contribution in [1.29, 1.82) is 0 Å². The van der Waals surface area contributed by atoms with E-state index in [-0.39, 0.29) is 26.4 Å². The van der Waals surface area contributed by atoms with Crippen LogP contribution in [-0.4, -0.2) is 50.3 Å². The molecule has 0 aliphatic heterocycles. The molecule has 0 aromatic rings. The molecule has 0 atom stereocenters. The van der Waals surface area contributed by atoms with E-state index in [9.17, 15) is 19.2 Å². The highest BCUT2D eigenvalue weighted by Crippen LogP contribution is 2.28. The van der Waals surface area contributed by atoms with Crippen molar-refractivity contribution < 1.29 is 38.1 Å². The van der Waals surface area contributed by atoms with Gasteiger partial charge in [-0.15, -0.1) is 0 Å². The van der Waals surface area contributed by atoms with E-state index in [1.165, 1.54) is 0 Å². The minimum Gasteiger partial charge on any atom is -0.464 e. The molecular formula is C33H60O8. The topological polar surface area (TPSA) is 105 Å². The molecule has 0 aliphatic carbocycles. The SMILES string of the molecule is CCCCCCCOC(=O)C(C(=O)OCCCCCCC)(C(=O)OCCCCCCC)C(=O)OCCCCCCC. The van der Waals surface area contributed by atoms with Crippen molar-refractivity contribution in [3.63, 3.8) is 0 Å². The molecular weight excluding hydrogens is 524 g/mol. The molecule has 0 heterocycles. The zero-order chi connectivity index (χ0) is 30.6. The summed E-state index contributed by atoms with van der Waals surface area (Å²) in [6, 6.07) is 0. The quantitative estimate of drug-likeness (QED) is 0.0394. The van der Waals surface area contributed by atoms with Crippen molar-refractivity contribution in [3.8, 4) is 0 Å². The van der Waals surface area contributed by atoms with Crippen molar-refractivity contribution in [2.24, 2.45) is 5.41 Å². The molecule has 0 spiro atoms. The van der Waals surface area contributed by atoms with Gasteiger partial charge in [0.15, 0.2) is 0 Å². The second kappa shape index (κ2) is 26.8. The standard InChI is InChI=1S/C33H60O8/c1-5-9-13-17-21-25-38-29(34)33(30(35)39-26-22-18-14-10-6-2,31(36)40-27-23-19-15-11-7-3)32(37)41-28-24-20-16-12-8-4/h5-28H2,1-4H3. The van der Waals surface area contributed by atoms with Crippen molar-refractivity contribution in [3.05, 3.63) is 0 Å². The lowest BCUT2D eigenvalue weighted by atomic mass is 9.88. The predicted octanol–water partition coefficient (Wildman–Crippen LogP) is 8.03. The van der Waals surface area contributed by atoms with Crippen molar-refractivity contribution >= 4 is 23.9 Å². The number of unbranched alkanes of at least 4 members (excludes halogenated alkanes) is 16. The molecule has 0 rings (SSSR count). The first-order valence-corrected chi connectivity index (χ1v) is 16.6. The molecule has 0 radical (unpaired) electrons. The van der Waals surface area contributed by atoms with Crippen LogP contribution in [0.5, 0.6) is 0 Å². The van der Waals surface area contributed by atoms with Crippen molar-refractivity contribution in [2.75, 3.05) is 26.4 Å². The lowest BCUT2D eigenvalue weighted by molar-refractivity contribution is -0.193. The van der Waals surface area contributed by atoms with Gasteiger partial charge in [0.25, 0.3) is 0 Å². The fraction of sp³-hybridized carbons (Fsp3) is 0.879. The zero-order valence-corrected chi connectivity index (χ0v) is 26.7. The summed E-state index contributed by atoms with van der Waals surface area (Å²) in [5.74, 6) is -5.07. The molecule has 0 fully saturated rings. The molecule has 0 amide bonds. The van der Waals surface area contributed by atoms with Crippen LogP contribution in [0.25, 0.3) is 0 Å². The number of ether oxygens (including phenoxy) is 4. The summed E-state index contributed by atoms with van der Waals surface area (Å²) in [5.41, 5.74) is -2.93. The number of hydrogen-bond donors (Lipinski definition) is 0. The first kappa shape index (κ1) is 38.9. The lowest BCUT2D eigenvalue weighted by Crippen LogP contribution is -2.56. The van der Waals surface area contributed by atoms with Crippen molar-refractivity contribution in [2.45, 2.75) is 156 Å². The molecule has 240 valence electrons. The van der Waals surface area contributed by atoms with Gasteiger partial charge >= 0.3 is 29.3 Å². The number of esters is 4. The van der Waals surface area contributed by atoms with Gasteiger partial charge in [0.1, 0.15) is 0 Å². The van der Waals surface area contributed by atoms with Crippen LogP contribution < -0.4 is 0 Å². The summed E-state index contributed by atoms with van der Waals surface area (Å²) < 4.78 is 21.6. The Labute approximate surface area is 250 Å². The maximum absolute atomic E-state index is 13.5. The Hall–Kier alpha value is -2.12. The number of carbonyl (C=O) groups is 4. The van der Waals surface area contributed by atoms with Gasteiger partial charge in [-0.3, -0.25) is 0 Å². The fourth-order valence-corrected chi connectivity index (χ4v) is 4.41. The first-order chi connectivity index (χ1) is 19.9. The van der Waals surface area contributed by atoms with Gasteiger partial charge in [0.2, 0.25) is 0 Å². The molecule has 0 N–H and O–H groups in total. The van der Waals surface area contributed by atoms with Crippen LogP contribution in [0.2, 0.25) is 0 Å². The first-order valence-electron chi connectivity index (χ1n) is 16.6. The van der Waals surface area contributed by atoms with E-state index in [0.29, 0.717) is 25.7 Å². The molecule has 0 aromatic heterocycles. The molecule has 0 aromatic carbocycles. The van der Waals surface area contributed by atoms with Gasteiger partial charge in [-0.2, -0.15) is 0 Å². The lowest BCUT2D eigenvalue weighted by Gasteiger charge is -2.26. The van der Waals surface area contributed by atoms with E-state index in [1.54, 1.807) is 0 Å². The molecule has 0 bridgehead atoms. The Bertz CT molecular complexity index is 573. The highest BCUT2D eigenvalue weighted by Gasteiger charge is 2.65. The van der Waals surface area contributed by atoms with Crippen molar-refractivity contribution in [1.82, 2.24) is 0 Å². The molecule has 0 aliphatic rings. The fourth-order valence-electron chi connectivity index (χ4n) is 4.41. The third-order valence-electron chi connectivity index (χ3n) is 7.15. The Kier molecular flexibility index (Phi) is 25.4. The second-order valence-electron chi connectivity index (χ2n) is 11.0. The minimum absolute atomic E-state index is 0.0107. The summed E-state index contributed by atoms with van der Waals surface area (Å²) in [6.45, 7) is 8.38. The number of hydrogen-bond acceptors (Lipinski definition) is 8. The van der Waals surface area contributed by atoms with Gasteiger partial charge in [-0.05, 0) is 25.7 Å². The monoisotopic (exact) mass is 584 g/mol. The predicted molar refractivity (Wildman–Crippen MR) is 161 cm³/mol. The smallest absolute Gasteiger partial charge is 0.355 e. The van der Waals surface area contributed by atoms with Gasteiger partial charge in [0, 0.05) is 0 Å². The van der Waals surface area contributed by atoms with Gasteiger partial charge in [-0.25, -0.2) is 19.2 Å². The third-order valence-corrected chi connectivity index (χ3v) is 7.15. The number of carbonyl (C=O) groups excluding carboxylic acids is 4. The maximum atomic E-state index is 13.5. The molecule has 8 heteroatoms.